The molecular weight excluding hydrogens is 309 g/mol. The first-order chi connectivity index (χ1) is 8.25. The summed E-state index contributed by atoms with van der Waals surface area (Å²) in [7, 11) is 0. The van der Waals surface area contributed by atoms with Crippen molar-refractivity contribution >= 4 is 15.9 Å². The molecule has 0 bridgehead atoms. The number of allylic oxidation sites excluding steroid dienone is 1. The number of halogens is 4. The van der Waals surface area contributed by atoms with Crippen LogP contribution in [0.1, 0.15) is 31.0 Å². The molecule has 0 aromatic heterocycles. The molecule has 1 atom stereocenters. The maximum atomic E-state index is 13.0. The van der Waals surface area contributed by atoms with Crippen LogP contribution in [0, 0.1) is 0 Å². The van der Waals surface area contributed by atoms with E-state index in [1.165, 1.54) is 6.07 Å². The molecule has 0 saturated heterocycles. The van der Waals surface area contributed by atoms with E-state index in [0.717, 1.165) is 11.6 Å². The van der Waals surface area contributed by atoms with Crippen molar-refractivity contribution in [1.82, 2.24) is 5.43 Å². The molecule has 100 valence electrons. The first-order valence-corrected chi connectivity index (χ1v) is 6.02. The van der Waals surface area contributed by atoms with E-state index in [0.29, 0.717) is 4.47 Å². The normalized spacial score (nSPS) is 13.3. The Hall–Kier alpha value is -0.850. The van der Waals surface area contributed by atoms with Crippen molar-refractivity contribution in [2.75, 3.05) is 0 Å². The third-order valence-corrected chi connectivity index (χ3v) is 2.83. The Morgan fingerprint density at radius 2 is 2.00 bits per heavy atom. The highest BCUT2D eigenvalue weighted by atomic mass is 79.9. The van der Waals surface area contributed by atoms with Crippen molar-refractivity contribution in [1.29, 1.82) is 0 Å². The zero-order chi connectivity index (χ0) is 13.9. The van der Waals surface area contributed by atoms with Crippen LogP contribution in [0.2, 0.25) is 0 Å². The first-order valence-electron chi connectivity index (χ1n) is 5.23. The number of hydrogen-bond acceptors (Lipinski definition) is 2. The quantitative estimate of drug-likeness (QED) is 0.502. The zero-order valence-electron chi connectivity index (χ0n) is 9.98. The summed E-state index contributed by atoms with van der Waals surface area (Å²) >= 11 is 3.04. The van der Waals surface area contributed by atoms with Gasteiger partial charge in [0.25, 0.3) is 0 Å². The van der Waals surface area contributed by atoms with Gasteiger partial charge >= 0.3 is 6.18 Å². The zero-order valence-corrected chi connectivity index (χ0v) is 11.6. The molecule has 0 amide bonds. The Kier molecular flexibility index (Phi) is 4.95. The van der Waals surface area contributed by atoms with Gasteiger partial charge in [0.05, 0.1) is 11.6 Å². The highest BCUT2D eigenvalue weighted by Crippen LogP contribution is 2.36. The maximum Gasteiger partial charge on any atom is 0.416 e. The Morgan fingerprint density at radius 3 is 2.44 bits per heavy atom. The molecule has 2 nitrogen and oxygen atoms in total. The minimum absolute atomic E-state index is 0.106. The SMILES string of the molecule is CC(C)=CC(NN)c1ccc(Br)cc1C(F)(F)F. The van der Waals surface area contributed by atoms with Gasteiger partial charge in [-0.15, -0.1) is 0 Å². The highest BCUT2D eigenvalue weighted by molar-refractivity contribution is 9.10. The molecule has 1 aromatic carbocycles. The van der Waals surface area contributed by atoms with Crippen LogP contribution in [0.5, 0.6) is 0 Å². The largest absolute Gasteiger partial charge is 0.416 e. The number of hydrazine groups is 1. The third kappa shape index (κ3) is 3.83. The Morgan fingerprint density at radius 1 is 1.39 bits per heavy atom. The maximum absolute atomic E-state index is 13.0. The van der Waals surface area contributed by atoms with Gasteiger partial charge in [0.15, 0.2) is 0 Å². The minimum Gasteiger partial charge on any atom is -0.271 e. The summed E-state index contributed by atoms with van der Waals surface area (Å²) in [6.45, 7) is 3.60. The van der Waals surface area contributed by atoms with E-state index in [1.807, 2.05) is 0 Å². The number of nitrogens with two attached hydrogens (primary N) is 1. The molecule has 0 spiro atoms. The van der Waals surface area contributed by atoms with E-state index in [4.69, 9.17) is 5.84 Å². The van der Waals surface area contributed by atoms with Crippen molar-refractivity contribution in [3.63, 3.8) is 0 Å². The molecule has 1 rings (SSSR count). The van der Waals surface area contributed by atoms with Gasteiger partial charge in [-0.25, -0.2) is 5.43 Å². The molecule has 0 saturated carbocycles. The minimum atomic E-state index is -4.41. The van der Waals surface area contributed by atoms with E-state index >= 15 is 0 Å². The van der Waals surface area contributed by atoms with Gasteiger partial charge in [-0.1, -0.05) is 33.6 Å². The van der Waals surface area contributed by atoms with Crippen LogP contribution in [0.15, 0.2) is 34.3 Å². The van der Waals surface area contributed by atoms with Crippen molar-refractivity contribution < 1.29 is 13.2 Å². The Bertz CT molecular complexity index is 451. The first kappa shape index (κ1) is 15.2. The van der Waals surface area contributed by atoms with Gasteiger partial charge in [0.1, 0.15) is 0 Å². The van der Waals surface area contributed by atoms with Crippen LogP contribution in [0.4, 0.5) is 13.2 Å². The van der Waals surface area contributed by atoms with Gasteiger partial charge in [-0.05, 0) is 31.5 Å². The summed E-state index contributed by atoms with van der Waals surface area (Å²) in [5, 5.41) is 0. The molecule has 1 unspecified atom stereocenters. The molecule has 1 aromatic rings. The molecule has 0 aliphatic carbocycles. The number of nitrogens with one attached hydrogen (secondary N) is 1. The van der Waals surface area contributed by atoms with Crippen LogP contribution < -0.4 is 11.3 Å². The Balaban J connectivity index is 3.35. The average molecular weight is 323 g/mol. The predicted molar refractivity (Wildman–Crippen MR) is 68.6 cm³/mol. The van der Waals surface area contributed by atoms with Crippen LogP contribution >= 0.6 is 15.9 Å². The number of benzene rings is 1. The van der Waals surface area contributed by atoms with Gasteiger partial charge in [-0.3, -0.25) is 5.84 Å². The van der Waals surface area contributed by atoms with Crippen LogP contribution in [0.3, 0.4) is 0 Å². The molecule has 0 aliphatic heterocycles. The lowest BCUT2D eigenvalue weighted by Gasteiger charge is -2.19. The van der Waals surface area contributed by atoms with Crippen LogP contribution in [-0.2, 0) is 6.18 Å². The van der Waals surface area contributed by atoms with Crippen molar-refractivity contribution in [2.24, 2.45) is 5.84 Å². The topological polar surface area (TPSA) is 38.0 Å². The summed E-state index contributed by atoms with van der Waals surface area (Å²) in [4.78, 5) is 0. The average Bonchev–Trinajstić information content (AvgIpc) is 2.24. The van der Waals surface area contributed by atoms with Gasteiger partial charge in [0.2, 0.25) is 0 Å². The second-order valence-corrected chi connectivity index (χ2v) is 5.03. The molecule has 18 heavy (non-hydrogen) atoms. The fourth-order valence-corrected chi connectivity index (χ4v) is 1.97. The smallest absolute Gasteiger partial charge is 0.271 e. The van der Waals surface area contributed by atoms with Crippen LogP contribution in [-0.4, -0.2) is 0 Å². The predicted octanol–water partition coefficient (Wildman–Crippen LogP) is 3.94. The summed E-state index contributed by atoms with van der Waals surface area (Å²) in [5.74, 6) is 5.33. The van der Waals surface area contributed by atoms with E-state index in [9.17, 15) is 13.2 Å². The second-order valence-electron chi connectivity index (χ2n) is 4.12. The molecule has 6 heteroatoms. The monoisotopic (exact) mass is 322 g/mol. The lowest BCUT2D eigenvalue weighted by Crippen LogP contribution is -2.28. The molecule has 0 heterocycles. The van der Waals surface area contributed by atoms with Crippen molar-refractivity contribution in [3.05, 3.63) is 45.4 Å². The molecule has 0 fully saturated rings. The Labute approximate surface area is 112 Å². The second kappa shape index (κ2) is 5.86. The van der Waals surface area contributed by atoms with E-state index in [1.54, 1.807) is 26.0 Å². The van der Waals surface area contributed by atoms with E-state index in [-0.39, 0.29) is 5.56 Å². The van der Waals surface area contributed by atoms with E-state index in [2.05, 4.69) is 21.4 Å². The number of rotatable bonds is 3. The molecule has 0 radical (unpaired) electrons. The number of alkyl halides is 3. The van der Waals surface area contributed by atoms with Crippen molar-refractivity contribution in [3.8, 4) is 0 Å². The van der Waals surface area contributed by atoms with Gasteiger partial charge in [-0.2, -0.15) is 13.2 Å². The fourth-order valence-electron chi connectivity index (χ4n) is 1.61. The lowest BCUT2D eigenvalue weighted by atomic mass is 9.99. The summed E-state index contributed by atoms with van der Waals surface area (Å²) in [6, 6.07) is 3.36. The summed E-state index contributed by atoms with van der Waals surface area (Å²) in [6.07, 6.45) is -2.76. The lowest BCUT2D eigenvalue weighted by molar-refractivity contribution is -0.138. The van der Waals surface area contributed by atoms with Crippen LogP contribution in [0.25, 0.3) is 0 Å². The third-order valence-electron chi connectivity index (χ3n) is 2.34. The highest BCUT2D eigenvalue weighted by Gasteiger charge is 2.34. The molecule has 3 N–H and O–H groups in total. The van der Waals surface area contributed by atoms with Crippen molar-refractivity contribution in [2.45, 2.75) is 26.1 Å². The summed E-state index contributed by atoms with van der Waals surface area (Å²) < 4.78 is 39.2. The summed E-state index contributed by atoms with van der Waals surface area (Å²) in [5.41, 5.74) is 2.68. The van der Waals surface area contributed by atoms with Gasteiger partial charge in [0, 0.05) is 4.47 Å². The van der Waals surface area contributed by atoms with Gasteiger partial charge < -0.3 is 0 Å². The molecular formula is C12H14BrF3N2. The number of hydrogen-bond donors (Lipinski definition) is 2. The standard InChI is InChI=1S/C12H14BrF3N2/c1-7(2)5-11(18-17)9-4-3-8(13)6-10(9)12(14,15)16/h3-6,11,18H,17H2,1-2H3. The fraction of sp³-hybridized carbons (Fsp3) is 0.333. The molecule has 0 aliphatic rings. The van der Waals surface area contributed by atoms with E-state index < -0.39 is 17.8 Å².